The van der Waals surface area contributed by atoms with E-state index >= 15 is 0 Å². The molecule has 0 fully saturated rings. The van der Waals surface area contributed by atoms with Crippen molar-refractivity contribution in [3.8, 4) is 0 Å². The molecule has 110 valence electrons. The molecule has 1 atom stereocenters. The first-order chi connectivity index (χ1) is 10.7. The minimum atomic E-state index is -0.136. The lowest BCUT2D eigenvalue weighted by atomic mass is 10.0. The molecule has 0 aliphatic heterocycles. The van der Waals surface area contributed by atoms with Crippen LogP contribution in [0.3, 0.4) is 0 Å². The lowest BCUT2D eigenvalue weighted by Crippen LogP contribution is -2.12. The van der Waals surface area contributed by atoms with Crippen molar-refractivity contribution in [2.45, 2.75) is 22.9 Å². The number of hydrogen-bond acceptors (Lipinski definition) is 3. The smallest absolute Gasteiger partial charge is 0.104 e. The third kappa shape index (κ3) is 3.38. The van der Waals surface area contributed by atoms with Crippen LogP contribution in [-0.4, -0.2) is 4.98 Å². The Labute approximate surface area is 135 Å². The van der Waals surface area contributed by atoms with Gasteiger partial charge in [0.1, 0.15) is 5.03 Å². The monoisotopic (exact) mass is 306 g/mol. The summed E-state index contributed by atoms with van der Waals surface area (Å²) < 4.78 is 0. The molecule has 3 rings (SSSR count). The Morgan fingerprint density at radius 3 is 2.18 bits per heavy atom. The normalized spacial score (nSPS) is 12.1. The zero-order valence-electron chi connectivity index (χ0n) is 12.4. The highest BCUT2D eigenvalue weighted by Crippen LogP contribution is 2.30. The van der Waals surface area contributed by atoms with E-state index in [4.69, 9.17) is 5.73 Å². The average Bonchev–Trinajstić information content (AvgIpc) is 2.58. The molecule has 3 heteroatoms. The molecule has 0 saturated heterocycles. The quantitative estimate of drug-likeness (QED) is 0.766. The van der Waals surface area contributed by atoms with Crippen LogP contribution in [0.2, 0.25) is 0 Å². The van der Waals surface area contributed by atoms with Gasteiger partial charge in [-0.15, -0.1) is 0 Å². The number of rotatable bonds is 4. The molecule has 1 heterocycles. The van der Waals surface area contributed by atoms with Crippen LogP contribution in [-0.2, 0) is 0 Å². The largest absolute Gasteiger partial charge is 0.320 e. The van der Waals surface area contributed by atoms with Crippen molar-refractivity contribution in [3.63, 3.8) is 0 Å². The van der Waals surface area contributed by atoms with Gasteiger partial charge in [-0.05, 0) is 41.8 Å². The predicted molar refractivity (Wildman–Crippen MR) is 92.0 cm³/mol. The molecule has 0 radical (unpaired) electrons. The first-order valence-electron chi connectivity index (χ1n) is 7.24. The molecule has 2 aromatic carbocycles. The minimum absolute atomic E-state index is 0.136. The zero-order chi connectivity index (χ0) is 15.4. The number of aryl methyl sites for hydroxylation is 1. The van der Waals surface area contributed by atoms with Crippen LogP contribution < -0.4 is 5.73 Å². The number of aromatic nitrogens is 1. The van der Waals surface area contributed by atoms with Gasteiger partial charge >= 0.3 is 0 Å². The maximum absolute atomic E-state index is 6.34. The second-order valence-electron chi connectivity index (χ2n) is 5.19. The van der Waals surface area contributed by atoms with Crippen molar-refractivity contribution in [1.82, 2.24) is 4.98 Å². The lowest BCUT2D eigenvalue weighted by molar-refractivity contribution is 0.850. The molecule has 0 amide bonds. The first-order valence-corrected chi connectivity index (χ1v) is 8.05. The Hall–Kier alpha value is -2.10. The van der Waals surface area contributed by atoms with Gasteiger partial charge in [0.25, 0.3) is 0 Å². The standard InChI is InChI=1S/C19H18N2S/c1-14-12-16(18(20)15-8-4-2-5-9-15)13-21-19(14)22-17-10-6-3-7-11-17/h2-13,18H,20H2,1H3/t18-/m0/s1. The van der Waals surface area contributed by atoms with E-state index in [1.165, 1.54) is 4.90 Å². The molecule has 22 heavy (non-hydrogen) atoms. The van der Waals surface area contributed by atoms with Gasteiger partial charge in [-0.25, -0.2) is 4.98 Å². The highest BCUT2D eigenvalue weighted by atomic mass is 32.2. The SMILES string of the molecule is Cc1cc([C@@H](N)c2ccccc2)cnc1Sc1ccccc1. The van der Waals surface area contributed by atoms with Gasteiger partial charge in [0.15, 0.2) is 0 Å². The van der Waals surface area contributed by atoms with Crippen LogP contribution in [0, 0.1) is 6.92 Å². The van der Waals surface area contributed by atoms with Crippen molar-refractivity contribution < 1.29 is 0 Å². The van der Waals surface area contributed by atoms with E-state index in [0.717, 1.165) is 21.7 Å². The van der Waals surface area contributed by atoms with Gasteiger partial charge in [-0.3, -0.25) is 0 Å². The zero-order valence-corrected chi connectivity index (χ0v) is 13.3. The summed E-state index contributed by atoms with van der Waals surface area (Å²) in [5.74, 6) is 0. The van der Waals surface area contributed by atoms with E-state index in [1.807, 2.05) is 54.7 Å². The van der Waals surface area contributed by atoms with E-state index < -0.39 is 0 Å². The fourth-order valence-corrected chi connectivity index (χ4v) is 3.16. The summed E-state index contributed by atoms with van der Waals surface area (Å²) in [6.07, 6.45) is 1.88. The maximum Gasteiger partial charge on any atom is 0.104 e. The molecule has 0 aliphatic rings. The Bertz CT molecular complexity index is 742. The lowest BCUT2D eigenvalue weighted by Gasteiger charge is -2.14. The van der Waals surface area contributed by atoms with Crippen LogP contribution in [0.25, 0.3) is 0 Å². The van der Waals surface area contributed by atoms with Gasteiger partial charge in [-0.1, -0.05) is 60.3 Å². The summed E-state index contributed by atoms with van der Waals surface area (Å²) in [7, 11) is 0. The van der Waals surface area contributed by atoms with Crippen LogP contribution in [0.15, 0.2) is 82.8 Å². The van der Waals surface area contributed by atoms with E-state index in [-0.39, 0.29) is 6.04 Å². The van der Waals surface area contributed by atoms with E-state index in [0.29, 0.717) is 0 Å². The second kappa shape index (κ2) is 6.77. The van der Waals surface area contributed by atoms with E-state index in [9.17, 15) is 0 Å². The van der Waals surface area contributed by atoms with Crippen LogP contribution in [0.1, 0.15) is 22.7 Å². The van der Waals surface area contributed by atoms with Gasteiger partial charge in [0.2, 0.25) is 0 Å². The summed E-state index contributed by atoms with van der Waals surface area (Å²) >= 11 is 1.68. The Morgan fingerprint density at radius 1 is 0.909 bits per heavy atom. The molecule has 0 saturated carbocycles. The molecule has 1 aromatic heterocycles. The molecule has 2 N–H and O–H groups in total. The molecular weight excluding hydrogens is 288 g/mol. The molecule has 2 nitrogen and oxygen atoms in total. The van der Waals surface area contributed by atoms with Crippen LogP contribution >= 0.6 is 11.8 Å². The van der Waals surface area contributed by atoms with Crippen molar-refractivity contribution in [3.05, 3.63) is 89.6 Å². The first kappa shape index (κ1) is 14.8. The van der Waals surface area contributed by atoms with Gasteiger partial charge < -0.3 is 5.73 Å². The molecular formula is C19H18N2S. The number of pyridine rings is 1. The number of nitrogens with zero attached hydrogens (tertiary/aromatic N) is 1. The molecule has 0 bridgehead atoms. The van der Waals surface area contributed by atoms with Gasteiger partial charge in [-0.2, -0.15) is 0 Å². The number of benzene rings is 2. The molecule has 0 unspecified atom stereocenters. The minimum Gasteiger partial charge on any atom is -0.320 e. The topological polar surface area (TPSA) is 38.9 Å². The number of nitrogens with two attached hydrogens (primary N) is 1. The van der Waals surface area contributed by atoms with Crippen LogP contribution in [0.4, 0.5) is 0 Å². The van der Waals surface area contributed by atoms with Crippen molar-refractivity contribution in [2.75, 3.05) is 0 Å². The molecule has 3 aromatic rings. The third-order valence-electron chi connectivity index (χ3n) is 3.53. The summed E-state index contributed by atoms with van der Waals surface area (Å²) in [6, 6.07) is 22.4. The fourth-order valence-electron chi connectivity index (χ4n) is 2.31. The van der Waals surface area contributed by atoms with Crippen molar-refractivity contribution >= 4 is 11.8 Å². The van der Waals surface area contributed by atoms with Gasteiger partial charge in [0.05, 0.1) is 6.04 Å². The summed E-state index contributed by atoms with van der Waals surface area (Å²) in [5.41, 5.74) is 9.64. The summed E-state index contributed by atoms with van der Waals surface area (Å²) in [4.78, 5) is 5.80. The molecule has 0 aliphatic carbocycles. The molecule has 0 spiro atoms. The van der Waals surface area contributed by atoms with E-state index in [1.54, 1.807) is 11.8 Å². The Balaban J connectivity index is 1.83. The highest BCUT2D eigenvalue weighted by Gasteiger charge is 2.11. The second-order valence-corrected chi connectivity index (χ2v) is 6.26. The summed E-state index contributed by atoms with van der Waals surface area (Å²) in [6.45, 7) is 2.08. The number of hydrogen-bond donors (Lipinski definition) is 1. The van der Waals surface area contributed by atoms with Gasteiger partial charge in [0, 0.05) is 11.1 Å². The highest BCUT2D eigenvalue weighted by molar-refractivity contribution is 7.99. The average molecular weight is 306 g/mol. The fraction of sp³-hybridized carbons (Fsp3) is 0.105. The Kier molecular flexibility index (Phi) is 4.56. The van der Waals surface area contributed by atoms with Crippen molar-refractivity contribution in [2.24, 2.45) is 5.73 Å². The van der Waals surface area contributed by atoms with Crippen molar-refractivity contribution in [1.29, 1.82) is 0 Å². The third-order valence-corrected chi connectivity index (χ3v) is 4.66. The Morgan fingerprint density at radius 2 is 1.55 bits per heavy atom. The van der Waals surface area contributed by atoms with Crippen LogP contribution in [0.5, 0.6) is 0 Å². The maximum atomic E-state index is 6.34. The predicted octanol–water partition coefficient (Wildman–Crippen LogP) is 4.59. The summed E-state index contributed by atoms with van der Waals surface area (Å²) in [5, 5.41) is 1.02. The van der Waals surface area contributed by atoms with E-state index in [2.05, 4.69) is 30.1 Å².